The third-order valence-electron chi connectivity index (χ3n) is 3.06. The van der Waals surface area contributed by atoms with E-state index in [1.807, 2.05) is 42.5 Å². The molecule has 100 valence electrons. The normalized spacial score (nSPS) is 10.7. The Bertz CT molecular complexity index is 758. The maximum Gasteiger partial charge on any atom is 0.146 e. The number of nitrogens with two attached hydrogens (primary N) is 1. The Morgan fingerprint density at radius 2 is 1.85 bits per heavy atom. The van der Waals surface area contributed by atoms with E-state index in [1.165, 1.54) is 0 Å². The summed E-state index contributed by atoms with van der Waals surface area (Å²) in [5.74, 6) is 1.42. The molecule has 0 amide bonds. The van der Waals surface area contributed by atoms with Crippen LogP contribution in [0.5, 0.6) is 11.5 Å². The molecule has 4 heteroatoms. The van der Waals surface area contributed by atoms with Crippen LogP contribution in [-0.4, -0.2) is 4.98 Å². The molecule has 0 radical (unpaired) electrons. The van der Waals surface area contributed by atoms with Crippen molar-refractivity contribution >= 4 is 22.4 Å². The highest BCUT2D eigenvalue weighted by atomic mass is 35.5. The summed E-state index contributed by atoms with van der Waals surface area (Å²) in [7, 11) is 0. The summed E-state index contributed by atoms with van der Waals surface area (Å²) in [5, 5.41) is 2.65. The summed E-state index contributed by atoms with van der Waals surface area (Å²) < 4.78 is 5.91. The van der Waals surface area contributed by atoms with Crippen molar-refractivity contribution in [3.8, 4) is 11.5 Å². The molecule has 0 bridgehead atoms. The van der Waals surface area contributed by atoms with Gasteiger partial charge in [-0.05, 0) is 23.8 Å². The van der Waals surface area contributed by atoms with Gasteiger partial charge in [-0.25, -0.2) is 0 Å². The zero-order valence-electron chi connectivity index (χ0n) is 10.7. The maximum absolute atomic E-state index is 6.20. The van der Waals surface area contributed by atoms with Gasteiger partial charge in [0.2, 0.25) is 0 Å². The number of ether oxygens (including phenoxy) is 1. The second-order valence-corrected chi connectivity index (χ2v) is 4.83. The van der Waals surface area contributed by atoms with Gasteiger partial charge in [0.05, 0.1) is 6.20 Å². The third kappa shape index (κ3) is 2.46. The Morgan fingerprint density at radius 1 is 1.05 bits per heavy atom. The first-order valence-electron chi connectivity index (χ1n) is 6.27. The number of hydrogen-bond donors (Lipinski definition) is 1. The van der Waals surface area contributed by atoms with E-state index in [9.17, 15) is 0 Å². The van der Waals surface area contributed by atoms with Crippen LogP contribution in [0.3, 0.4) is 0 Å². The molecule has 0 atom stereocenters. The van der Waals surface area contributed by atoms with Gasteiger partial charge in [-0.15, -0.1) is 0 Å². The van der Waals surface area contributed by atoms with Gasteiger partial charge in [0.25, 0.3) is 0 Å². The lowest BCUT2D eigenvalue weighted by molar-refractivity contribution is 0.485. The minimum absolute atomic E-state index is 0.436. The monoisotopic (exact) mass is 284 g/mol. The Labute approximate surface area is 122 Å². The molecule has 0 saturated carbocycles. The average molecular weight is 285 g/mol. The first-order valence-corrected chi connectivity index (χ1v) is 6.65. The summed E-state index contributed by atoms with van der Waals surface area (Å²) in [6.07, 6.45) is 3.40. The van der Waals surface area contributed by atoms with E-state index >= 15 is 0 Å². The molecule has 20 heavy (non-hydrogen) atoms. The average Bonchev–Trinajstić information content (AvgIpc) is 2.51. The fraction of sp³-hybridized carbons (Fsp3) is 0.0625. The largest absolute Gasteiger partial charge is 0.455 e. The molecule has 1 heterocycles. The number of rotatable bonds is 3. The summed E-state index contributed by atoms with van der Waals surface area (Å²) in [6.45, 7) is 0.436. The number of halogens is 1. The standard InChI is InChI=1S/C16H13ClN2O/c17-15-5-6-16(14-4-2-1-3-13(14)15)20-12-7-11(8-18)9-19-10-12/h1-7,9-10H,8,18H2. The van der Waals surface area contributed by atoms with Crippen LogP contribution in [-0.2, 0) is 6.54 Å². The van der Waals surface area contributed by atoms with Crippen LogP contribution in [0, 0.1) is 0 Å². The SMILES string of the molecule is NCc1cncc(Oc2ccc(Cl)c3ccccc23)c1. The van der Waals surface area contributed by atoms with Crippen LogP contribution >= 0.6 is 11.6 Å². The van der Waals surface area contributed by atoms with Gasteiger partial charge in [-0.3, -0.25) is 4.98 Å². The van der Waals surface area contributed by atoms with Gasteiger partial charge in [0, 0.05) is 28.5 Å². The van der Waals surface area contributed by atoms with Crippen LogP contribution in [0.25, 0.3) is 10.8 Å². The number of pyridine rings is 1. The van der Waals surface area contributed by atoms with Crippen LogP contribution in [0.15, 0.2) is 54.9 Å². The Balaban J connectivity index is 2.04. The number of fused-ring (bicyclic) bond motifs is 1. The molecule has 0 aliphatic rings. The molecule has 0 spiro atoms. The van der Waals surface area contributed by atoms with Crippen molar-refractivity contribution in [2.24, 2.45) is 5.73 Å². The number of nitrogens with zero attached hydrogens (tertiary/aromatic N) is 1. The van der Waals surface area contributed by atoms with E-state index in [4.69, 9.17) is 22.1 Å². The predicted octanol–water partition coefficient (Wildman–Crippen LogP) is 4.14. The Hall–Kier alpha value is -2.10. The molecule has 1 aromatic heterocycles. The van der Waals surface area contributed by atoms with Crippen LogP contribution in [0.1, 0.15) is 5.56 Å². The van der Waals surface area contributed by atoms with E-state index in [1.54, 1.807) is 12.4 Å². The zero-order valence-corrected chi connectivity index (χ0v) is 11.5. The van der Waals surface area contributed by atoms with Gasteiger partial charge < -0.3 is 10.5 Å². The molecule has 0 aliphatic carbocycles. The van der Waals surface area contributed by atoms with Crippen molar-refractivity contribution in [1.29, 1.82) is 0 Å². The molecule has 3 rings (SSSR count). The summed E-state index contributed by atoms with van der Waals surface area (Å²) in [6, 6.07) is 13.4. The molecule has 0 unspecified atom stereocenters. The first-order chi connectivity index (χ1) is 9.78. The van der Waals surface area contributed by atoms with E-state index in [0.717, 1.165) is 22.1 Å². The lowest BCUT2D eigenvalue weighted by atomic mass is 10.1. The number of aromatic nitrogens is 1. The van der Waals surface area contributed by atoms with Crippen LogP contribution < -0.4 is 10.5 Å². The van der Waals surface area contributed by atoms with Gasteiger partial charge in [-0.1, -0.05) is 35.9 Å². The topological polar surface area (TPSA) is 48.1 Å². The van der Waals surface area contributed by atoms with Gasteiger partial charge in [0.15, 0.2) is 0 Å². The second-order valence-electron chi connectivity index (χ2n) is 4.43. The molecule has 0 saturated heterocycles. The van der Waals surface area contributed by atoms with Crippen molar-refractivity contribution in [2.45, 2.75) is 6.54 Å². The Morgan fingerprint density at radius 3 is 2.65 bits per heavy atom. The van der Waals surface area contributed by atoms with E-state index in [2.05, 4.69) is 4.98 Å². The summed E-state index contributed by atoms with van der Waals surface area (Å²) in [4.78, 5) is 4.12. The van der Waals surface area contributed by atoms with Gasteiger partial charge >= 0.3 is 0 Å². The predicted molar refractivity (Wildman–Crippen MR) is 81.2 cm³/mol. The van der Waals surface area contributed by atoms with Crippen molar-refractivity contribution in [1.82, 2.24) is 4.98 Å². The van der Waals surface area contributed by atoms with Gasteiger partial charge in [0.1, 0.15) is 11.5 Å². The maximum atomic E-state index is 6.20. The smallest absolute Gasteiger partial charge is 0.146 e. The summed E-state index contributed by atoms with van der Waals surface area (Å²) in [5.41, 5.74) is 6.54. The van der Waals surface area contributed by atoms with Crippen molar-refractivity contribution in [3.63, 3.8) is 0 Å². The molecular formula is C16H13ClN2O. The lowest BCUT2D eigenvalue weighted by Gasteiger charge is -2.10. The molecule has 3 aromatic rings. The van der Waals surface area contributed by atoms with Crippen LogP contribution in [0.2, 0.25) is 5.02 Å². The second kappa shape index (κ2) is 5.49. The van der Waals surface area contributed by atoms with Crippen molar-refractivity contribution in [3.05, 3.63) is 65.4 Å². The zero-order chi connectivity index (χ0) is 13.9. The fourth-order valence-electron chi connectivity index (χ4n) is 2.08. The van der Waals surface area contributed by atoms with Gasteiger partial charge in [-0.2, -0.15) is 0 Å². The fourth-order valence-corrected chi connectivity index (χ4v) is 2.31. The molecule has 2 N–H and O–H groups in total. The highest BCUT2D eigenvalue weighted by molar-refractivity contribution is 6.35. The minimum atomic E-state index is 0.436. The van der Waals surface area contributed by atoms with E-state index < -0.39 is 0 Å². The van der Waals surface area contributed by atoms with Crippen molar-refractivity contribution in [2.75, 3.05) is 0 Å². The minimum Gasteiger partial charge on any atom is -0.455 e. The molecule has 3 nitrogen and oxygen atoms in total. The van der Waals surface area contributed by atoms with E-state index in [-0.39, 0.29) is 0 Å². The lowest BCUT2D eigenvalue weighted by Crippen LogP contribution is -1.97. The third-order valence-corrected chi connectivity index (χ3v) is 3.39. The number of hydrogen-bond acceptors (Lipinski definition) is 3. The molecule has 0 aliphatic heterocycles. The molecule has 0 fully saturated rings. The van der Waals surface area contributed by atoms with Crippen LogP contribution in [0.4, 0.5) is 0 Å². The molecule has 2 aromatic carbocycles. The number of benzene rings is 2. The summed E-state index contributed by atoms with van der Waals surface area (Å²) >= 11 is 6.20. The van der Waals surface area contributed by atoms with E-state index in [0.29, 0.717) is 17.3 Å². The highest BCUT2D eigenvalue weighted by Crippen LogP contribution is 2.33. The first kappa shape index (κ1) is 12.9. The quantitative estimate of drug-likeness (QED) is 0.786. The highest BCUT2D eigenvalue weighted by Gasteiger charge is 2.06. The Kier molecular flexibility index (Phi) is 3.54. The van der Waals surface area contributed by atoms with Crippen molar-refractivity contribution < 1.29 is 4.74 Å². The molecular weight excluding hydrogens is 272 g/mol.